The number of anilines is 1. The van der Waals surface area contributed by atoms with E-state index in [0.29, 0.717) is 0 Å². The fraction of sp³-hybridized carbons (Fsp3) is 0. The molecular weight excluding hydrogens is 390 g/mol. The minimum absolute atomic E-state index is 0.579. The average molecular weight is 412 g/mol. The molecule has 2 aliphatic rings. The molecule has 6 rings (SSSR count). The summed E-state index contributed by atoms with van der Waals surface area (Å²) in [5.74, 6) is 0. The molecule has 0 aromatic heterocycles. The summed E-state index contributed by atoms with van der Waals surface area (Å²) in [7, 11) is 0. The molecule has 2 aliphatic heterocycles. The lowest BCUT2D eigenvalue weighted by Gasteiger charge is -2.41. The fourth-order valence-electron chi connectivity index (χ4n) is 4.19. The van der Waals surface area contributed by atoms with Crippen LogP contribution in [0.15, 0.2) is 112 Å². The molecular formula is C26H21NS2. The monoisotopic (exact) mass is 411 g/mol. The first-order valence-electron chi connectivity index (χ1n) is 9.81. The smallest absolute Gasteiger partial charge is 0.0645 e. The van der Waals surface area contributed by atoms with Gasteiger partial charge in [0.1, 0.15) is 0 Å². The van der Waals surface area contributed by atoms with Crippen LogP contribution >= 0.6 is 22.2 Å². The summed E-state index contributed by atoms with van der Waals surface area (Å²) in [4.78, 5) is 2.91. The summed E-state index contributed by atoms with van der Waals surface area (Å²) in [6.45, 7) is 0. The first-order chi connectivity index (χ1) is 14.4. The Morgan fingerprint density at radius 1 is 0.517 bits per heavy atom. The van der Waals surface area contributed by atoms with E-state index in [4.69, 9.17) is 0 Å². The Bertz CT molecular complexity index is 1220. The summed E-state index contributed by atoms with van der Waals surface area (Å²) in [5.41, 5.74) is 4.05. The fourth-order valence-corrected chi connectivity index (χ4v) is 9.66. The second-order valence-electron chi connectivity index (χ2n) is 7.23. The van der Waals surface area contributed by atoms with Crippen molar-refractivity contribution in [1.82, 2.24) is 0 Å². The van der Waals surface area contributed by atoms with E-state index in [0.717, 1.165) is 0 Å². The topological polar surface area (TPSA) is 3.24 Å². The van der Waals surface area contributed by atoms with E-state index in [1.165, 1.54) is 37.4 Å². The molecule has 2 unspecified atom stereocenters. The molecule has 0 aliphatic carbocycles. The van der Waals surface area contributed by atoms with Gasteiger partial charge in [0.05, 0.1) is 5.69 Å². The Morgan fingerprint density at radius 3 is 1.76 bits per heavy atom. The van der Waals surface area contributed by atoms with Crippen LogP contribution < -0.4 is 3.71 Å². The molecule has 0 radical (unpaired) electrons. The van der Waals surface area contributed by atoms with E-state index in [1.54, 1.807) is 0 Å². The van der Waals surface area contributed by atoms with Gasteiger partial charge in [-0.15, -0.1) is 22.2 Å². The van der Waals surface area contributed by atoms with Gasteiger partial charge in [-0.05, 0) is 57.7 Å². The zero-order chi connectivity index (χ0) is 19.2. The van der Waals surface area contributed by atoms with E-state index in [2.05, 4.69) is 118 Å². The van der Waals surface area contributed by atoms with Crippen molar-refractivity contribution in [2.24, 2.45) is 0 Å². The van der Waals surface area contributed by atoms with E-state index in [-0.39, 0.29) is 0 Å². The molecule has 3 heteroatoms. The average Bonchev–Trinajstić information content (AvgIpc) is 3.40. The maximum atomic E-state index is 2.72. The molecule has 0 fully saturated rings. The van der Waals surface area contributed by atoms with Gasteiger partial charge in [-0.3, -0.25) is 3.71 Å². The van der Waals surface area contributed by atoms with Gasteiger partial charge in [0.25, 0.3) is 0 Å². The summed E-state index contributed by atoms with van der Waals surface area (Å²) in [6.07, 6.45) is 4.61. The Balaban J connectivity index is 1.59. The van der Waals surface area contributed by atoms with Crippen LogP contribution in [0.5, 0.6) is 0 Å². The van der Waals surface area contributed by atoms with Gasteiger partial charge in [0.15, 0.2) is 0 Å². The van der Waals surface area contributed by atoms with Gasteiger partial charge < -0.3 is 0 Å². The number of rotatable bonds is 3. The molecule has 2 atom stereocenters. The summed E-state index contributed by atoms with van der Waals surface area (Å²) in [5, 5.41) is 7.49. The number of thiol groups is 2. The lowest BCUT2D eigenvalue weighted by atomic mass is 10.1. The van der Waals surface area contributed by atoms with E-state index < -0.39 is 22.2 Å². The van der Waals surface area contributed by atoms with Crippen molar-refractivity contribution < 1.29 is 0 Å². The highest BCUT2D eigenvalue weighted by Gasteiger charge is 2.29. The van der Waals surface area contributed by atoms with Crippen LogP contribution in [-0.2, 0) is 0 Å². The molecule has 0 spiro atoms. The summed E-state index contributed by atoms with van der Waals surface area (Å²) < 4.78 is 2.72. The molecule has 142 valence electrons. The molecule has 0 amide bonds. The maximum Gasteiger partial charge on any atom is 0.0645 e. The molecule has 0 bridgehead atoms. The molecule has 4 aromatic carbocycles. The second-order valence-corrected chi connectivity index (χ2v) is 11.3. The van der Waals surface area contributed by atoms with Crippen molar-refractivity contribution in [1.29, 1.82) is 0 Å². The quantitative estimate of drug-likeness (QED) is 0.329. The Morgan fingerprint density at radius 2 is 1.07 bits per heavy atom. The Kier molecular flexibility index (Phi) is 4.03. The van der Waals surface area contributed by atoms with E-state index >= 15 is 0 Å². The van der Waals surface area contributed by atoms with Gasteiger partial charge >= 0.3 is 0 Å². The van der Waals surface area contributed by atoms with E-state index in [9.17, 15) is 0 Å². The van der Waals surface area contributed by atoms with E-state index in [1.807, 2.05) is 0 Å². The van der Waals surface area contributed by atoms with Crippen LogP contribution in [-0.4, -0.2) is 0 Å². The third kappa shape index (κ3) is 2.73. The third-order valence-corrected chi connectivity index (χ3v) is 10.6. The van der Waals surface area contributed by atoms with Crippen LogP contribution in [0.2, 0.25) is 0 Å². The molecule has 1 nitrogen and oxygen atoms in total. The number of benzene rings is 4. The Labute approximate surface area is 177 Å². The number of nitrogens with zero attached hydrogens (tertiary/aromatic N) is 1. The molecule has 4 aromatic rings. The molecule has 0 saturated heterocycles. The zero-order valence-corrected chi connectivity index (χ0v) is 17.6. The van der Waals surface area contributed by atoms with Gasteiger partial charge in [-0.25, -0.2) is 0 Å². The van der Waals surface area contributed by atoms with Crippen molar-refractivity contribution in [2.75, 3.05) is 3.71 Å². The largest absolute Gasteiger partial charge is 0.286 e. The molecule has 0 saturated carbocycles. The van der Waals surface area contributed by atoms with Crippen molar-refractivity contribution >= 4 is 50.8 Å². The highest BCUT2D eigenvalue weighted by molar-refractivity contribution is 8.37. The summed E-state index contributed by atoms with van der Waals surface area (Å²) >= 11 is -1.16. The SMILES string of the molecule is C1=C[SH](N(c2cccc3ccccc23)[SH]2C=Cc3ccccc32)c2ccccc21. The van der Waals surface area contributed by atoms with Crippen molar-refractivity contribution in [3.8, 4) is 0 Å². The molecule has 2 heterocycles. The zero-order valence-electron chi connectivity index (χ0n) is 15.8. The van der Waals surface area contributed by atoms with Crippen LogP contribution in [0, 0.1) is 0 Å². The van der Waals surface area contributed by atoms with Crippen LogP contribution in [0.3, 0.4) is 0 Å². The molecule has 29 heavy (non-hydrogen) atoms. The highest BCUT2D eigenvalue weighted by atomic mass is 32.3. The predicted octanol–water partition coefficient (Wildman–Crippen LogP) is 7.57. The predicted molar refractivity (Wildman–Crippen MR) is 132 cm³/mol. The van der Waals surface area contributed by atoms with Gasteiger partial charge in [0.2, 0.25) is 0 Å². The number of hydrogen-bond donors (Lipinski definition) is 2. The van der Waals surface area contributed by atoms with Crippen LogP contribution in [0.1, 0.15) is 11.1 Å². The maximum absolute atomic E-state index is 2.72. The first kappa shape index (κ1) is 17.0. The second kappa shape index (κ2) is 6.87. The molecule has 0 N–H and O–H groups in total. The third-order valence-electron chi connectivity index (χ3n) is 5.55. The lowest BCUT2D eigenvalue weighted by molar-refractivity contribution is 1.40. The van der Waals surface area contributed by atoms with Crippen LogP contribution in [0.4, 0.5) is 5.69 Å². The van der Waals surface area contributed by atoms with Gasteiger partial charge in [-0.2, -0.15) is 0 Å². The summed E-state index contributed by atoms with van der Waals surface area (Å²) in [6, 6.07) is 33.2. The van der Waals surface area contributed by atoms with Crippen molar-refractivity contribution in [3.05, 3.63) is 113 Å². The van der Waals surface area contributed by atoms with Crippen molar-refractivity contribution in [3.63, 3.8) is 0 Å². The standard InChI is InChI=1S/C26H21NS2/c1-4-12-23-20(8-1)11-7-13-24(23)27(28-18-16-21-9-2-5-14-25(21)28)29-19-17-22-10-3-6-15-26(22)29/h1-19,28-29H. The van der Waals surface area contributed by atoms with Crippen LogP contribution in [0.25, 0.3) is 22.9 Å². The van der Waals surface area contributed by atoms with Gasteiger partial charge in [-0.1, -0.05) is 72.8 Å². The first-order valence-corrected chi connectivity index (χ1v) is 12.5. The Hall–Kier alpha value is -2.88. The minimum Gasteiger partial charge on any atom is -0.286 e. The number of hydrogen-bond acceptors (Lipinski definition) is 1. The number of fused-ring (bicyclic) bond motifs is 3. The van der Waals surface area contributed by atoms with Gasteiger partial charge in [0, 0.05) is 15.2 Å². The highest BCUT2D eigenvalue weighted by Crippen LogP contribution is 2.63. The minimum atomic E-state index is -0.579. The van der Waals surface area contributed by atoms with Crippen molar-refractivity contribution in [2.45, 2.75) is 9.79 Å². The lowest BCUT2D eigenvalue weighted by Crippen LogP contribution is -2.14. The normalized spacial score (nSPS) is 21.2.